The molecule has 4 heteroatoms. The molecule has 4 nitrogen and oxygen atoms in total. The van der Waals surface area contributed by atoms with Gasteiger partial charge in [0.1, 0.15) is 17.5 Å². The quantitative estimate of drug-likeness (QED) is 0.722. The van der Waals surface area contributed by atoms with Gasteiger partial charge in [0.25, 0.3) is 5.91 Å². The molecule has 2 heterocycles. The molecule has 0 radical (unpaired) electrons. The first kappa shape index (κ1) is 12.1. The lowest BCUT2D eigenvalue weighted by Crippen LogP contribution is -2.35. The van der Waals surface area contributed by atoms with Crippen LogP contribution in [0.1, 0.15) is 13.8 Å². The third-order valence-electron chi connectivity index (χ3n) is 3.31. The van der Waals surface area contributed by atoms with Crippen LogP contribution in [0.25, 0.3) is 0 Å². The number of carbonyl (C=O) groups excluding carboxylic acids is 1. The lowest BCUT2D eigenvalue weighted by atomic mass is 9.90. The van der Waals surface area contributed by atoms with Gasteiger partial charge in [0.15, 0.2) is 0 Å². The highest BCUT2D eigenvalue weighted by molar-refractivity contribution is 6.20. The number of methoxy groups -OCH3 is 1. The largest absolute Gasteiger partial charge is 0.482 e. The van der Waals surface area contributed by atoms with Gasteiger partial charge >= 0.3 is 0 Å². The number of allylic oxidation sites excluding steroid dienone is 3. The Morgan fingerprint density at radius 2 is 2.21 bits per heavy atom. The SMILES string of the molecule is COC1C=CC=C2C1=NC(=O)C1=C2OC(C)(C)C=C1. The normalized spacial score (nSPS) is 27.3. The Hall–Kier alpha value is -1.94. The van der Waals surface area contributed by atoms with Gasteiger partial charge < -0.3 is 9.47 Å². The van der Waals surface area contributed by atoms with Crippen LogP contribution in [-0.2, 0) is 14.3 Å². The predicted octanol–water partition coefficient (Wildman–Crippen LogP) is 2.10. The summed E-state index contributed by atoms with van der Waals surface area (Å²) in [7, 11) is 1.60. The molecule has 0 saturated heterocycles. The molecule has 1 amide bonds. The van der Waals surface area contributed by atoms with Crippen molar-refractivity contribution in [3.63, 3.8) is 0 Å². The van der Waals surface area contributed by atoms with E-state index in [0.717, 1.165) is 5.57 Å². The van der Waals surface area contributed by atoms with Gasteiger partial charge in [-0.2, -0.15) is 0 Å². The van der Waals surface area contributed by atoms with Gasteiger partial charge in [0, 0.05) is 12.7 Å². The second-order valence-corrected chi connectivity index (χ2v) is 5.21. The maximum atomic E-state index is 12.1. The molecule has 98 valence electrons. The smallest absolute Gasteiger partial charge is 0.281 e. The summed E-state index contributed by atoms with van der Waals surface area (Å²) in [6.45, 7) is 3.91. The molecule has 0 aromatic rings. The van der Waals surface area contributed by atoms with E-state index in [0.29, 0.717) is 17.0 Å². The highest BCUT2D eigenvalue weighted by Gasteiger charge is 2.36. The first-order valence-corrected chi connectivity index (χ1v) is 6.19. The fourth-order valence-electron chi connectivity index (χ4n) is 2.34. The molecule has 3 rings (SSSR count). The zero-order valence-electron chi connectivity index (χ0n) is 11.1. The standard InChI is InChI=1S/C15H15NO3/c1-15(2)8-7-10-13(19-15)9-5-4-6-11(18-3)12(9)16-14(10)17/h4-8,11H,1-3H3. The molecule has 1 aliphatic carbocycles. The Bertz CT molecular complexity index is 603. The Labute approximate surface area is 111 Å². The van der Waals surface area contributed by atoms with Crippen molar-refractivity contribution in [1.82, 2.24) is 0 Å². The summed E-state index contributed by atoms with van der Waals surface area (Å²) in [5.41, 5.74) is 1.55. The van der Waals surface area contributed by atoms with Crippen molar-refractivity contribution in [2.24, 2.45) is 4.99 Å². The van der Waals surface area contributed by atoms with Gasteiger partial charge in [-0.1, -0.05) is 6.08 Å². The molecular weight excluding hydrogens is 242 g/mol. The lowest BCUT2D eigenvalue weighted by Gasteiger charge is -2.34. The summed E-state index contributed by atoms with van der Waals surface area (Å²) >= 11 is 0. The van der Waals surface area contributed by atoms with Gasteiger partial charge in [-0.3, -0.25) is 4.79 Å². The first-order valence-electron chi connectivity index (χ1n) is 6.19. The van der Waals surface area contributed by atoms with Gasteiger partial charge in [0.05, 0.1) is 11.3 Å². The van der Waals surface area contributed by atoms with Gasteiger partial charge in [0.2, 0.25) is 0 Å². The minimum atomic E-state index is -0.424. The number of nitrogens with zero attached hydrogens (tertiary/aromatic N) is 1. The van der Waals surface area contributed by atoms with E-state index in [2.05, 4.69) is 4.99 Å². The number of carbonyl (C=O) groups is 1. The topological polar surface area (TPSA) is 47.9 Å². The summed E-state index contributed by atoms with van der Waals surface area (Å²) in [4.78, 5) is 16.2. The number of rotatable bonds is 1. The molecule has 19 heavy (non-hydrogen) atoms. The molecule has 0 fully saturated rings. The number of aliphatic imine (C=N–C) groups is 1. The molecule has 3 aliphatic rings. The average molecular weight is 257 g/mol. The zero-order valence-corrected chi connectivity index (χ0v) is 11.1. The Kier molecular flexibility index (Phi) is 2.57. The van der Waals surface area contributed by atoms with Crippen LogP contribution >= 0.6 is 0 Å². The van der Waals surface area contributed by atoms with Crippen molar-refractivity contribution in [2.45, 2.75) is 25.6 Å². The maximum absolute atomic E-state index is 12.1. The zero-order chi connectivity index (χ0) is 13.6. The van der Waals surface area contributed by atoms with Crippen molar-refractivity contribution in [2.75, 3.05) is 7.11 Å². The summed E-state index contributed by atoms with van der Waals surface area (Å²) in [5.74, 6) is 0.333. The van der Waals surface area contributed by atoms with Crippen molar-refractivity contribution < 1.29 is 14.3 Å². The van der Waals surface area contributed by atoms with E-state index in [9.17, 15) is 4.79 Å². The molecular formula is C15H15NO3. The average Bonchev–Trinajstić information content (AvgIpc) is 2.37. The van der Waals surface area contributed by atoms with Crippen LogP contribution in [0.15, 0.2) is 52.3 Å². The lowest BCUT2D eigenvalue weighted by molar-refractivity contribution is -0.114. The summed E-state index contributed by atoms with van der Waals surface area (Å²) < 4.78 is 11.3. The van der Waals surface area contributed by atoms with Crippen molar-refractivity contribution in [1.29, 1.82) is 0 Å². The van der Waals surface area contributed by atoms with Gasteiger partial charge in [-0.05, 0) is 38.2 Å². The van der Waals surface area contributed by atoms with Gasteiger partial charge in [-0.25, -0.2) is 4.99 Å². The highest BCUT2D eigenvalue weighted by Crippen LogP contribution is 2.35. The van der Waals surface area contributed by atoms with Gasteiger partial charge in [-0.15, -0.1) is 0 Å². The number of amides is 1. The van der Waals surface area contributed by atoms with Crippen molar-refractivity contribution in [3.8, 4) is 0 Å². The van der Waals surface area contributed by atoms with E-state index in [1.807, 2.05) is 38.2 Å². The van der Waals surface area contributed by atoms with Crippen molar-refractivity contribution >= 4 is 11.6 Å². The molecule has 0 aromatic carbocycles. The molecule has 0 spiro atoms. The second-order valence-electron chi connectivity index (χ2n) is 5.21. The van der Waals surface area contributed by atoms with E-state index in [4.69, 9.17) is 9.47 Å². The third-order valence-corrected chi connectivity index (χ3v) is 3.31. The van der Waals surface area contributed by atoms with Crippen LogP contribution in [0, 0.1) is 0 Å². The van der Waals surface area contributed by atoms with E-state index in [1.54, 1.807) is 13.2 Å². The Morgan fingerprint density at radius 3 is 2.95 bits per heavy atom. The van der Waals surface area contributed by atoms with Crippen LogP contribution in [0.3, 0.4) is 0 Å². The van der Waals surface area contributed by atoms with Crippen LogP contribution in [0.5, 0.6) is 0 Å². The number of dihydropyridines is 1. The molecule has 0 aromatic heterocycles. The summed E-state index contributed by atoms with van der Waals surface area (Å²) in [5, 5.41) is 0. The van der Waals surface area contributed by atoms with E-state index >= 15 is 0 Å². The third kappa shape index (κ3) is 1.88. The maximum Gasteiger partial charge on any atom is 0.281 e. The molecule has 0 saturated carbocycles. The summed E-state index contributed by atoms with van der Waals surface area (Å²) in [6, 6.07) is 0. The van der Waals surface area contributed by atoms with Crippen LogP contribution in [0.2, 0.25) is 0 Å². The number of hydrogen-bond acceptors (Lipinski definition) is 3. The molecule has 2 aliphatic heterocycles. The molecule has 0 N–H and O–H groups in total. The number of hydrogen-bond donors (Lipinski definition) is 0. The number of ether oxygens (including phenoxy) is 2. The second kappa shape index (κ2) is 4.03. The monoisotopic (exact) mass is 257 g/mol. The molecule has 1 unspecified atom stereocenters. The first-order chi connectivity index (χ1) is 9.02. The van der Waals surface area contributed by atoms with E-state index < -0.39 is 5.60 Å². The minimum absolute atomic E-state index is 0.272. The van der Waals surface area contributed by atoms with Crippen LogP contribution in [0.4, 0.5) is 0 Å². The highest BCUT2D eigenvalue weighted by atomic mass is 16.5. The minimum Gasteiger partial charge on any atom is -0.482 e. The Balaban J connectivity index is 2.11. The number of fused-ring (bicyclic) bond motifs is 2. The fourth-order valence-corrected chi connectivity index (χ4v) is 2.34. The van der Waals surface area contributed by atoms with Crippen molar-refractivity contribution in [3.05, 3.63) is 47.3 Å². The van der Waals surface area contributed by atoms with E-state index in [1.165, 1.54) is 0 Å². The van der Waals surface area contributed by atoms with Crippen LogP contribution in [-0.4, -0.2) is 30.4 Å². The predicted molar refractivity (Wildman–Crippen MR) is 71.8 cm³/mol. The molecule has 1 atom stereocenters. The Morgan fingerprint density at radius 1 is 1.42 bits per heavy atom. The van der Waals surface area contributed by atoms with Crippen LogP contribution < -0.4 is 0 Å². The molecule has 0 bridgehead atoms. The summed E-state index contributed by atoms with van der Waals surface area (Å²) in [6.07, 6.45) is 9.05. The fraction of sp³-hybridized carbons (Fsp3) is 0.333. The van der Waals surface area contributed by atoms with E-state index in [-0.39, 0.29) is 12.0 Å².